The lowest BCUT2D eigenvalue weighted by Gasteiger charge is -2.15. The van der Waals surface area contributed by atoms with E-state index in [1.54, 1.807) is 0 Å². The van der Waals surface area contributed by atoms with E-state index >= 15 is 0 Å². The normalized spacial score (nSPS) is 12.4. The summed E-state index contributed by atoms with van der Waals surface area (Å²) in [4.78, 5) is 0. The van der Waals surface area contributed by atoms with Crippen molar-refractivity contribution in [2.24, 2.45) is 0 Å². The van der Waals surface area contributed by atoms with Crippen molar-refractivity contribution in [1.82, 2.24) is 5.32 Å². The Morgan fingerprint density at radius 3 is 2.61 bits per heavy atom. The third-order valence-corrected chi connectivity index (χ3v) is 3.47. The van der Waals surface area contributed by atoms with Crippen LogP contribution in [0, 0.1) is 6.92 Å². The van der Waals surface area contributed by atoms with E-state index in [0.717, 1.165) is 17.1 Å². The van der Waals surface area contributed by atoms with E-state index in [-0.39, 0.29) is 0 Å². The zero-order chi connectivity index (χ0) is 13.0. The first-order valence-electron chi connectivity index (χ1n) is 6.20. The summed E-state index contributed by atoms with van der Waals surface area (Å²) in [6, 6.07) is 16.8. The van der Waals surface area contributed by atoms with Crippen LogP contribution in [0.4, 0.5) is 0 Å². The number of rotatable bonds is 4. The number of nitrogens with one attached hydrogen (secondary N) is 1. The van der Waals surface area contributed by atoms with Crippen molar-refractivity contribution in [1.29, 1.82) is 0 Å². The Morgan fingerprint density at radius 2 is 1.89 bits per heavy atom. The SMILES string of the molecule is Cc1cccc([C@H](C)NCc2ccccc2Cl)c1. The first kappa shape index (κ1) is 13.1. The molecule has 0 bridgehead atoms. The van der Waals surface area contributed by atoms with Gasteiger partial charge in [-0.05, 0) is 31.0 Å². The van der Waals surface area contributed by atoms with Crippen LogP contribution in [0.1, 0.15) is 29.7 Å². The largest absolute Gasteiger partial charge is 0.306 e. The van der Waals surface area contributed by atoms with Gasteiger partial charge >= 0.3 is 0 Å². The molecule has 1 nitrogen and oxygen atoms in total. The Hall–Kier alpha value is -1.31. The predicted octanol–water partition coefficient (Wildman–Crippen LogP) is 4.50. The second-order valence-corrected chi connectivity index (χ2v) is 5.02. The smallest absolute Gasteiger partial charge is 0.0450 e. The minimum atomic E-state index is 0.321. The highest BCUT2D eigenvalue weighted by Crippen LogP contribution is 2.18. The Balaban J connectivity index is 2.00. The van der Waals surface area contributed by atoms with E-state index in [2.05, 4.69) is 49.5 Å². The highest BCUT2D eigenvalue weighted by molar-refractivity contribution is 6.31. The van der Waals surface area contributed by atoms with Gasteiger partial charge in [-0.3, -0.25) is 0 Å². The molecule has 0 aromatic heterocycles. The Labute approximate surface area is 114 Å². The van der Waals surface area contributed by atoms with Gasteiger partial charge in [0.2, 0.25) is 0 Å². The van der Waals surface area contributed by atoms with Crippen molar-refractivity contribution in [2.45, 2.75) is 26.4 Å². The van der Waals surface area contributed by atoms with Crippen LogP contribution in [0.5, 0.6) is 0 Å². The number of halogens is 1. The maximum absolute atomic E-state index is 6.14. The molecule has 2 heteroatoms. The van der Waals surface area contributed by atoms with Crippen LogP contribution >= 0.6 is 11.6 Å². The van der Waals surface area contributed by atoms with Crippen LogP contribution in [-0.2, 0) is 6.54 Å². The molecule has 94 valence electrons. The topological polar surface area (TPSA) is 12.0 Å². The number of hydrogen-bond donors (Lipinski definition) is 1. The molecule has 2 aromatic carbocycles. The molecule has 2 aromatic rings. The second kappa shape index (κ2) is 6.03. The van der Waals surface area contributed by atoms with Gasteiger partial charge in [0, 0.05) is 17.6 Å². The molecule has 0 spiro atoms. The standard InChI is InChI=1S/C16H18ClN/c1-12-6-5-8-14(10-12)13(2)18-11-15-7-3-4-9-16(15)17/h3-10,13,18H,11H2,1-2H3/t13-/m0/s1. The first-order chi connectivity index (χ1) is 8.66. The Kier molecular flexibility index (Phi) is 4.40. The van der Waals surface area contributed by atoms with Crippen LogP contribution in [0.3, 0.4) is 0 Å². The fourth-order valence-electron chi connectivity index (χ4n) is 1.96. The van der Waals surface area contributed by atoms with E-state index in [0.29, 0.717) is 6.04 Å². The minimum absolute atomic E-state index is 0.321. The Morgan fingerprint density at radius 1 is 1.11 bits per heavy atom. The minimum Gasteiger partial charge on any atom is -0.306 e. The number of aryl methyl sites for hydroxylation is 1. The summed E-state index contributed by atoms with van der Waals surface area (Å²) in [6.07, 6.45) is 0. The van der Waals surface area contributed by atoms with Gasteiger partial charge in [-0.1, -0.05) is 59.6 Å². The average Bonchev–Trinajstić information content (AvgIpc) is 2.37. The Bertz CT molecular complexity index is 522. The maximum atomic E-state index is 6.14. The molecule has 0 aliphatic carbocycles. The number of hydrogen-bond acceptors (Lipinski definition) is 1. The van der Waals surface area contributed by atoms with E-state index in [1.165, 1.54) is 11.1 Å². The van der Waals surface area contributed by atoms with Crippen molar-refractivity contribution in [3.63, 3.8) is 0 Å². The predicted molar refractivity (Wildman–Crippen MR) is 77.9 cm³/mol. The fourth-order valence-corrected chi connectivity index (χ4v) is 2.16. The molecule has 0 radical (unpaired) electrons. The van der Waals surface area contributed by atoms with E-state index in [9.17, 15) is 0 Å². The van der Waals surface area contributed by atoms with Gasteiger partial charge in [-0.15, -0.1) is 0 Å². The first-order valence-corrected chi connectivity index (χ1v) is 6.58. The average molecular weight is 260 g/mol. The molecule has 0 amide bonds. The molecular weight excluding hydrogens is 242 g/mol. The van der Waals surface area contributed by atoms with Gasteiger partial charge in [0.05, 0.1) is 0 Å². The van der Waals surface area contributed by atoms with Gasteiger partial charge in [0.1, 0.15) is 0 Å². The summed E-state index contributed by atoms with van der Waals surface area (Å²) in [7, 11) is 0. The van der Waals surface area contributed by atoms with Crippen molar-refractivity contribution in [3.8, 4) is 0 Å². The fraction of sp³-hybridized carbons (Fsp3) is 0.250. The van der Waals surface area contributed by atoms with Gasteiger partial charge in [-0.25, -0.2) is 0 Å². The molecule has 0 unspecified atom stereocenters. The third-order valence-electron chi connectivity index (χ3n) is 3.10. The maximum Gasteiger partial charge on any atom is 0.0450 e. The number of benzene rings is 2. The lowest BCUT2D eigenvalue weighted by Crippen LogP contribution is -2.18. The highest BCUT2D eigenvalue weighted by atomic mass is 35.5. The summed E-state index contributed by atoms with van der Waals surface area (Å²) in [5.41, 5.74) is 3.74. The van der Waals surface area contributed by atoms with Gasteiger partial charge in [0.25, 0.3) is 0 Å². The molecule has 2 rings (SSSR count). The zero-order valence-electron chi connectivity index (χ0n) is 10.8. The highest BCUT2D eigenvalue weighted by Gasteiger charge is 2.06. The third kappa shape index (κ3) is 3.34. The van der Waals surface area contributed by atoms with Crippen molar-refractivity contribution in [3.05, 3.63) is 70.2 Å². The zero-order valence-corrected chi connectivity index (χ0v) is 11.5. The van der Waals surface area contributed by atoms with Gasteiger partial charge < -0.3 is 5.32 Å². The molecule has 18 heavy (non-hydrogen) atoms. The summed E-state index contributed by atoms with van der Waals surface area (Å²) in [5.74, 6) is 0. The summed E-state index contributed by atoms with van der Waals surface area (Å²) in [6.45, 7) is 5.07. The van der Waals surface area contributed by atoms with Crippen molar-refractivity contribution in [2.75, 3.05) is 0 Å². The van der Waals surface area contributed by atoms with Gasteiger partial charge in [0.15, 0.2) is 0 Å². The second-order valence-electron chi connectivity index (χ2n) is 4.61. The summed E-state index contributed by atoms with van der Waals surface area (Å²) >= 11 is 6.14. The molecule has 0 saturated heterocycles. The summed E-state index contributed by atoms with van der Waals surface area (Å²) < 4.78 is 0. The lowest BCUT2D eigenvalue weighted by atomic mass is 10.1. The summed E-state index contributed by atoms with van der Waals surface area (Å²) in [5, 5.41) is 4.32. The monoisotopic (exact) mass is 259 g/mol. The van der Waals surface area contributed by atoms with Crippen LogP contribution in [-0.4, -0.2) is 0 Å². The molecule has 0 aliphatic rings. The quantitative estimate of drug-likeness (QED) is 0.853. The molecule has 0 aliphatic heterocycles. The van der Waals surface area contributed by atoms with E-state index in [4.69, 9.17) is 11.6 Å². The van der Waals surface area contributed by atoms with Crippen LogP contribution in [0.15, 0.2) is 48.5 Å². The van der Waals surface area contributed by atoms with E-state index in [1.807, 2.05) is 18.2 Å². The van der Waals surface area contributed by atoms with Crippen molar-refractivity contribution < 1.29 is 0 Å². The van der Waals surface area contributed by atoms with Crippen molar-refractivity contribution >= 4 is 11.6 Å². The van der Waals surface area contributed by atoms with Gasteiger partial charge in [-0.2, -0.15) is 0 Å². The molecule has 1 atom stereocenters. The molecule has 0 heterocycles. The van der Waals surface area contributed by atoms with Crippen LogP contribution < -0.4 is 5.32 Å². The molecule has 0 saturated carbocycles. The van der Waals surface area contributed by atoms with Crippen LogP contribution in [0.2, 0.25) is 5.02 Å². The molecular formula is C16H18ClN. The van der Waals surface area contributed by atoms with Crippen LogP contribution in [0.25, 0.3) is 0 Å². The van der Waals surface area contributed by atoms with E-state index < -0.39 is 0 Å². The molecule has 0 fully saturated rings. The lowest BCUT2D eigenvalue weighted by molar-refractivity contribution is 0.574. The molecule has 1 N–H and O–H groups in total.